The summed E-state index contributed by atoms with van der Waals surface area (Å²) in [7, 11) is -4.00. The lowest BCUT2D eigenvalue weighted by Gasteiger charge is -2.16. The van der Waals surface area contributed by atoms with Crippen LogP contribution in [0.4, 0.5) is 5.82 Å². The maximum atomic E-state index is 13.1. The lowest BCUT2D eigenvalue weighted by Crippen LogP contribution is -2.17. The molecule has 0 amide bonds. The Morgan fingerprint density at radius 1 is 1.11 bits per heavy atom. The second-order valence-electron chi connectivity index (χ2n) is 6.23. The number of nitrogens with zero attached hydrogens (tertiary/aromatic N) is 3. The van der Waals surface area contributed by atoms with Crippen molar-refractivity contribution in [3.8, 4) is 6.07 Å². The predicted molar refractivity (Wildman–Crippen MR) is 110 cm³/mol. The van der Waals surface area contributed by atoms with E-state index < -0.39 is 15.1 Å². The van der Waals surface area contributed by atoms with Gasteiger partial charge in [-0.25, -0.2) is 18.4 Å². The van der Waals surface area contributed by atoms with E-state index in [1.165, 1.54) is 24.3 Å². The molecule has 0 radical (unpaired) electrons. The number of para-hydroxylation sites is 2. The van der Waals surface area contributed by atoms with Crippen molar-refractivity contribution in [3.63, 3.8) is 0 Å². The SMILES string of the molecule is CCCCNc1nc2ccccc2nc1C(C#N)S(=O)(=O)c1ccc(Cl)cc1. The van der Waals surface area contributed by atoms with Crippen LogP contribution in [0.15, 0.2) is 53.4 Å². The topological polar surface area (TPSA) is 95.7 Å². The molecule has 1 atom stereocenters. The van der Waals surface area contributed by atoms with Crippen LogP contribution < -0.4 is 5.32 Å². The third kappa shape index (κ3) is 4.08. The van der Waals surface area contributed by atoms with E-state index in [9.17, 15) is 13.7 Å². The fraction of sp³-hybridized carbons (Fsp3) is 0.250. The van der Waals surface area contributed by atoms with Gasteiger partial charge in [0.25, 0.3) is 0 Å². The molecule has 2 aromatic carbocycles. The van der Waals surface area contributed by atoms with E-state index in [0.717, 1.165) is 12.8 Å². The summed E-state index contributed by atoms with van der Waals surface area (Å²) in [4.78, 5) is 9.02. The number of nitriles is 1. The molecule has 0 aliphatic rings. The smallest absolute Gasteiger partial charge is 0.200 e. The Hall–Kier alpha value is -2.69. The number of aromatic nitrogens is 2. The van der Waals surface area contributed by atoms with Gasteiger partial charge in [0.05, 0.1) is 22.0 Å². The summed E-state index contributed by atoms with van der Waals surface area (Å²) < 4.78 is 26.3. The number of unbranched alkanes of at least 4 members (excludes halogenated alkanes) is 1. The molecule has 0 aliphatic heterocycles. The molecule has 0 aliphatic carbocycles. The highest BCUT2D eigenvalue weighted by Crippen LogP contribution is 2.32. The zero-order valence-electron chi connectivity index (χ0n) is 15.3. The van der Waals surface area contributed by atoms with Gasteiger partial charge in [-0.3, -0.25) is 0 Å². The number of rotatable bonds is 7. The van der Waals surface area contributed by atoms with Crippen LogP contribution in [-0.2, 0) is 9.84 Å². The van der Waals surface area contributed by atoms with Gasteiger partial charge in [-0.1, -0.05) is 37.1 Å². The van der Waals surface area contributed by atoms with Crippen LogP contribution in [0.5, 0.6) is 0 Å². The molecule has 0 saturated carbocycles. The molecule has 6 nitrogen and oxygen atoms in total. The van der Waals surface area contributed by atoms with Crippen LogP contribution in [0.25, 0.3) is 11.0 Å². The summed E-state index contributed by atoms with van der Waals surface area (Å²) in [5.41, 5.74) is 1.27. The quantitative estimate of drug-likeness (QED) is 0.570. The van der Waals surface area contributed by atoms with Gasteiger partial charge >= 0.3 is 0 Å². The molecule has 0 fully saturated rings. The molecule has 3 rings (SSSR count). The van der Waals surface area contributed by atoms with Gasteiger partial charge in [-0.15, -0.1) is 0 Å². The normalized spacial score (nSPS) is 12.5. The average Bonchev–Trinajstić information content (AvgIpc) is 2.69. The lowest BCUT2D eigenvalue weighted by molar-refractivity contribution is 0.590. The number of hydrogen-bond acceptors (Lipinski definition) is 6. The fourth-order valence-corrected chi connectivity index (χ4v) is 4.26. The average molecular weight is 415 g/mol. The van der Waals surface area contributed by atoms with Crippen molar-refractivity contribution in [2.45, 2.75) is 29.9 Å². The van der Waals surface area contributed by atoms with Gasteiger partial charge in [0, 0.05) is 11.6 Å². The van der Waals surface area contributed by atoms with E-state index in [2.05, 4.69) is 22.2 Å². The van der Waals surface area contributed by atoms with Crippen LogP contribution >= 0.6 is 11.6 Å². The summed E-state index contributed by atoms with van der Waals surface area (Å²) in [6.07, 6.45) is 1.85. The van der Waals surface area contributed by atoms with Crippen LogP contribution in [0.2, 0.25) is 5.02 Å². The molecular weight excluding hydrogens is 396 g/mol. The van der Waals surface area contributed by atoms with Crippen LogP contribution in [-0.4, -0.2) is 24.9 Å². The van der Waals surface area contributed by atoms with Crippen LogP contribution in [0, 0.1) is 11.3 Å². The minimum Gasteiger partial charge on any atom is -0.368 e. The Labute approximate surface area is 169 Å². The summed E-state index contributed by atoms with van der Waals surface area (Å²) in [6.45, 7) is 2.66. The van der Waals surface area contributed by atoms with Crippen molar-refractivity contribution in [1.82, 2.24) is 9.97 Å². The minimum atomic E-state index is -4.00. The third-order valence-electron chi connectivity index (χ3n) is 4.24. The molecule has 144 valence electrons. The van der Waals surface area contributed by atoms with E-state index >= 15 is 0 Å². The first-order valence-electron chi connectivity index (χ1n) is 8.87. The van der Waals surface area contributed by atoms with Crippen molar-refractivity contribution in [3.05, 3.63) is 59.2 Å². The van der Waals surface area contributed by atoms with E-state index in [0.29, 0.717) is 28.4 Å². The molecule has 0 spiro atoms. The van der Waals surface area contributed by atoms with E-state index in [-0.39, 0.29) is 10.6 Å². The van der Waals surface area contributed by atoms with Crippen molar-refractivity contribution < 1.29 is 8.42 Å². The minimum absolute atomic E-state index is 0.0120. The third-order valence-corrected chi connectivity index (χ3v) is 6.37. The molecule has 3 aromatic rings. The second kappa shape index (κ2) is 8.55. The standard InChI is InChI=1S/C20H19ClN4O2S/c1-2-3-12-23-20-19(24-16-6-4-5-7-17(16)25-20)18(13-22)28(26,27)15-10-8-14(21)9-11-15/h4-11,18H,2-3,12H2,1H3,(H,23,25). The van der Waals surface area contributed by atoms with Crippen molar-refractivity contribution in [2.75, 3.05) is 11.9 Å². The molecular formula is C20H19ClN4O2S. The maximum absolute atomic E-state index is 13.1. The summed E-state index contributed by atoms with van der Waals surface area (Å²) in [5.74, 6) is 0.316. The molecule has 1 aromatic heterocycles. The highest BCUT2D eigenvalue weighted by Gasteiger charge is 2.33. The molecule has 28 heavy (non-hydrogen) atoms. The monoisotopic (exact) mass is 414 g/mol. The van der Waals surface area contributed by atoms with Crippen molar-refractivity contribution in [1.29, 1.82) is 5.26 Å². The number of fused-ring (bicyclic) bond motifs is 1. The van der Waals surface area contributed by atoms with Gasteiger partial charge in [0.15, 0.2) is 11.1 Å². The number of nitrogens with one attached hydrogen (secondary N) is 1. The van der Waals surface area contributed by atoms with Gasteiger partial charge < -0.3 is 5.32 Å². The highest BCUT2D eigenvalue weighted by molar-refractivity contribution is 7.92. The summed E-state index contributed by atoms with van der Waals surface area (Å²) >= 11 is 5.86. The first-order valence-corrected chi connectivity index (χ1v) is 10.8. The van der Waals surface area contributed by atoms with Gasteiger partial charge in [-0.05, 0) is 42.8 Å². The van der Waals surface area contributed by atoms with E-state index in [4.69, 9.17) is 11.6 Å². The van der Waals surface area contributed by atoms with Crippen molar-refractivity contribution in [2.24, 2.45) is 0 Å². The number of halogens is 1. The first-order chi connectivity index (χ1) is 13.5. The Morgan fingerprint density at radius 3 is 2.36 bits per heavy atom. The number of anilines is 1. The second-order valence-corrected chi connectivity index (χ2v) is 8.70. The first kappa shape index (κ1) is 20.1. The van der Waals surface area contributed by atoms with Crippen LogP contribution in [0.1, 0.15) is 30.7 Å². The zero-order chi connectivity index (χ0) is 20.1. The predicted octanol–water partition coefficient (Wildman–Crippen LogP) is 4.53. The number of sulfone groups is 1. The molecule has 0 saturated heterocycles. The van der Waals surface area contributed by atoms with Crippen LogP contribution in [0.3, 0.4) is 0 Å². The van der Waals surface area contributed by atoms with E-state index in [1.54, 1.807) is 18.2 Å². The molecule has 1 heterocycles. The van der Waals surface area contributed by atoms with Gasteiger partial charge in [0.1, 0.15) is 5.69 Å². The molecule has 1 N–H and O–H groups in total. The summed E-state index contributed by atoms with van der Waals surface area (Å²) in [5, 5.41) is 11.8. The number of hydrogen-bond donors (Lipinski definition) is 1. The van der Waals surface area contributed by atoms with E-state index in [1.807, 2.05) is 12.1 Å². The number of benzene rings is 2. The lowest BCUT2D eigenvalue weighted by atomic mass is 10.2. The highest BCUT2D eigenvalue weighted by atomic mass is 35.5. The Kier molecular flexibility index (Phi) is 6.12. The largest absolute Gasteiger partial charge is 0.368 e. The Morgan fingerprint density at radius 2 is 1.75 bits per heavy atom. The molecule has 8 heteroatoms. The van der Waals surface area contributed by atoms with Crippen molar-refractivity contribution >= 4 is 38.3 Å². The summed E-state index contributed by atoms with van der Waals surface area (Å²) in [6, 6.07) is 14.8. The Balaban J connectivity index is 2.13. The zero-order valence-corrected chi connectivity index (χ0v) is 16.8. The van der Waals surface area contributed by atoms with Gasteiger partial charge in [0.2, 0.25) is 9.84 Å². The maximum Gasteiger partial charge on any atom is 0.200 e. The molecule has 1 unspecified atom stereocenters. The fourth-order valence-electron chi connectivity index (χ4n) is 2.75. The van der Waals surface area contributed by atoms with Gasteiger partial charge in [-0.2, -0.15) is 5.26 Å². The molecule has 0 bridgehead atoms. The Bertz CT molecular complexity index is 1130.